The highest BCUT2D eigenvalue weighted by Gasteiger charge is 2.00. The highest BCUT2D eigenvalue weighted by Crippen LogP contribution is 2.23. The van der Waals surface area contributed by atoms with E-state index in [0.29, 0.717) is 0 Å². The van der Waals surface area contributed by atoms with Gasteiger partial charge in [-0.2, -0.15) is 11.3 Å². The minimum Gasteiger partial charge on any atom is -0.261 e. The summed E-state index contributed by atoms with van der Waals surface area (Å²) >= 11 is 1.72. The predicted octanol–water partition coefficient (Wildman–Crippen LogP) is 4.14. The van der Waals surface area contributed by atoms with Crippen LogP contribution in [-0.2, 0) is 0 Å². The zero-order valence-corrected chi connectivity index (χ0v) is 9.64. The van der Waals surface area contributed by atoms with Gasteiger partial charge in [-0.1, -0.05) is 19.9 Å². The number of nitrogens with zero attached hydrogens (tertiary/aromatic N) is 1. The first-order valence-corrected chi connectivity index (χ1v) is 5.76. The van der Waals surface area contributed by atoms with E-state index in [0.717, 1.165) is 5.69 Å². The van der Waals surface area contributed by atoms with Gasteiger partial charge in [-0.05, 0) is 35.4 Å². The number of aromatic nitrogens is 1. The second-order valence-corrected chi connectivity index (χ2v) is 3.43. The Morgan fingerprint density at radius 1 is 1.21 bits per heavy atom. The van der Waals surface area contributed by atoms with Crippen LogP contribution in [0.15, 0.2) is 35.2 Å². The van der Waals surface area contributed by atoms with Gasteiger partial charge in [0.05, 0.1) is 0 Å². The van der Waals surface area contributed by atoms with Gasteiger partial charge in [0.25, 0.3) is 0 Å². The Bertz CT molecular complexity index is 366. The fourth-order valence-electron chi connectivity index (χ4n) is 1.21. The topological polar surface area (TPSA) is 12.9 Å². The van der Waals surface area contributed by atoms with Crippen molar-refractivity contribution in [1.82, 2.24) is 4.98 Å². The van der Waals surface area contributed by atoms with Crippen LogP contribution in [0, 0.1) is 6.92 Å². The van der Waals surface area contributed by atoms with Crippen LogP contribution in [0.1, 0.15) is 19.5 Å². The fraction of sp³-hybridized carbons (Fsp3) is 0.250. The number of hydrogen-bond acceptors (Lipinski definition) is 2. The van der Waals surface area contributed by atoms with Gasteiger partial charge in [0.1, 0.15) is 0 Å². The largest absolute Gasteiger partial charge is 0.261 e. The molecule has 2 heteroatoms. The van der Waals surface area contributed by atoms with Crippen molar-refractivity contribution in [3.63, 3.8) is 0 Å². The third-order valence-electron chi connectivity index (χ3n) is 1.84. The molecule has 2 heterocycles. The third kappa shape index (κ3) is 2.42. The second kappa shape index (κ2) is 5.55. The number of thiophene rings is 1. The van der Waals surface area contributed by atoms with Gasteiger partial charge < -0.3 is 0 Å². The van der Waals surface area contributed by atoms with E-state index in [-0.39, 0.29) is 0 Å². The first-order valence-electron chi connectivity index (χ1n) is 4.82. The van der Waals surface area contributed by atoms with Crippen molar-refractivity contribution in [1.29, 1.82) is 0 Å². The second-order valence-electron chi connectivity index (χ2n) is 2.65. The van der Waals surface area contributed by atoms with Crippen molar-refractivity contribution < 1.29 is 0 Å². The molecule has 0 radical (unpaired) electrons. The van der Waals surface area contributed by atoms with Crippen LogP contribution < -0.4 is 0 Å². The molecule has 2 aromatic heterocycles. The van der Waals surface area contributed by atoms with Gasteiger partial charge in [0.2, 0.25) is 0 Å². The molecule has 74 valence electrons. The van der Waals surface area contributed by atoms with E-state index in [4.69, 9.17) is 0 Å². The molecule has 0 aliphatic heterocycles. The molecule has 1 nitrogen and oxygen atoms in total. The first-order chi connectivity index (χ1) is 6.88. The summed E-state index contributed by atoms with van der Waals surface area (Å²) in [4.78, 5) is 4.24. The lowest BCUT2D eigenvalue weighted by molar-refractivity contribution is 1.21. The molecule has 0 saturated heterocycles. The summed E-state index contributed by atoms with van der Waals surface area (Å²) in [5.41, 5.74) is 3.60. The molecule has 0 bridgehead atoms. The Kier molecular flexibility index (Phi) is 4.33. The molecule has 0 saturated carbocycles. The quantitative estimate of drug-likeness (QED) is 0.681. The van der Waals surface area contributed by atoms with Gasteiger partial charge >= 0.3 is 0 Å². The summed E-state index contributed by atoms with van der Waals surface area (Å²) in [6.07, 6.45) is 1.82. The lowest BCUT2D eigenvalue weighted by atomic mass is 10.1. The van der Waals surface area contributed by atoms with Crippen LogP contribution in [0.3, 0.4) is 0 Å². The maximum absolute atomic E-state index is 4.24. The number of pyridine rings is 1. The minimum absolute atomic E-state index is 1.09. The van der Waals surface area contributed by atoms with Gasteiger partial charge in [0, 0.05) is 17.5 Å². The van der Waals surface area contributed by atoms with Gasteiger partial charge in [-0.3, -0.25) is 4.98 Å². The molecule has 0 amide bonds. The molecule has 0 aliphatic carbocycles. The maximum atomic E-state index is 4.24. The zero-order chi connectivity index (χ0) is 10.4. The zero-order valence-electron chi connectivity index (χ0n) is 8.82. The summed E-state index contributed by atoms with van der Waals surface area (Å²) in [7, 11) is 0. The van der Waals surface area contributed by atoms with Crippen molar-refractivity contribution in [2.75, 3.05) is 0 Å². The number of aryl methyl sites for hydroxylation is 1. The van der Waals surface area contributed by atoms with Crippen LogP contribution in [0.4, 0.5) is 0 Å². The molecule has 0 fully saturated rings. The molecule has 0 unspecified atom stereocenters. The van der Waals surface area contributed by atoms with Crippen LogP contribution >= 0.6 is 11.3 Å². The lowest BCUT2D eigenvalue weighted by Gasteiger charge is -1.99. The Balaban J connectivity index is 0.000000461. The third-order valence-corrected chi connectivity index (χ3v) is 2.52. The molecular weight excluding hydrogens is 190 g/mol. The molecule has 2 rings (SSSR count). The summed E-state index contributed by atoms with van der Waals surface area (Å²) in [5, 5.41) is 4.23. The number of hydrogen-bond donors (Lipinski definition) is 0. The van der Waals surface area contributed by atoms with E-state index < -0.39 is 0 Å². The van der Waals surface area contributed by atoms with Crippen molar-refractivity contribution >= 4 is 11.3 Å². The Hall–Kier alpha value is -1.15. The summed E-state index contributed by atoms with van der Waals surface area (Å²) in [5.74, 6) is 0. The molecule has 14 heavy (non-hydrogen) atoms. The van der Waals surface area contributed by atoms with Crippen LogP contribution in [-0.4, -0.2) is 4.98 Å². The van der Waals surface area contributed by atoms with Crippen molar-refractivity contribution in [3.05, 3.63) is 40.8 Å². The van der Waals surface area contributed by atoms with Gasteiger partial charge in [-0.25, -0.2) is 0 Å². The van der Waals surface area contributed by atoms with E-state index in [1.165, 1.54) is 11.1 Å². The van der Waals surface area contributed by atoms with E-state index in [9.17, 15) is 0 Å². The Morgan fingerprint density at radius 2 is 2.00 bits per heavy atom. The van der Waals surface area contributed by atoms with Gasteiger partial charge in [-0.15, -0.1) is 0 Å². The Morgan fingerprint density at radius 3 is 2.57 bits per heavy atom. The predicted molar refractivity (Wildman–Crippen MR) is 63.6 cm³/mol. The molecule has 0 spiro atoms. The van der Waals surface area contributed by atoms with Crippen molar-refractivity contribution in [2.24, 2.45) is 0 Å². The lowest BCUT2D eigenvalue weighted by Crippen LogP contribution is -1.83. The first kappa shape index (κ1) is 10.9. The summed E-state index contributed by atoms with van der Waals surface area (Å²) in [6, 6.07) is 6.19. The van der Waals surface area contributed by atoms with E-state index in [1.54, 1.807) is 11.3 Å². The molecule has 0 atom stereocenters. The Labute approximate surface area is 89.4 Å². The smallest absolute Gasteiger partial charge is 0.0451 e. The molecule has 2 aromatic rings. The molecule has 0 aliphatic rings. The van der Waals surface area contributed by atoms with Gasteiger partial charge in [0.15, 0.2) is 0 Å². The van der Waals surface area contributed by atoms with Crippen molar-refractivity contribution in [2.45, 2.75) is 20.8 Å². The minimum atomic E-state index is 1.09. The maximum Gasteiger partial charge on any atom is 0.0451 e. The normalized spacial score (nSPS) is 9.07. The molecule has 0 N–H and O–H groups in total. The van der Waals surface area contributed by atoms with Crippen LogP contribution in [0.2, 0.25) is 0 Å². The SMILES string of the molecule is CC.Cc1ncccc1-c1ccsc1. The number of rotatable bonds is 1. The van der Waals surface area contributed by atoms with Crippen LogP contribution in [0.5, 0.6) is 0 Å². The van der Waals surface area contributed by atoms with E-state index in [1.807, 2.05) is 33.0 Å². The van der Waals surface area contributed by atoms with Crippen molar-refractivity contribution in [3.8, 4) is 11.1 Å². The highest BCUT2D eigenvalue weighted by molar-refractivity contribution is 7.08. The average Bonchev–Trinajstić information content (AvgIpc) is 2.75. The summed E-state index contributed by atoms with van der Waals surface area (Å²) in [6.45, 7) is 6.03. The summed E-state index contributed by atoms with van der Waals surface area (Å²) < 4.78 is 0. The van der Waals surface area contributed by atoms with E-state index in [2.05, 4.69) is 27.9 Å². The monoisotopic (exact) mass is 205 g/mol. The standard InChI is InChI=1S/C10H9NS.C2H6/c1-8-10(3-2-5-11-8)9-4-6-12-7-9;1-2/h2-7H,1H3;1-2H3. The highest BCUT2D eigenvalue weighted by atomic mass is 32.1. The fourth-order valence-corrected chi connectivity index (χ4v) is 1.86. The molecule has 0 aromatic carbocycles. The van der Waals surface area contributed by atoms with E-state index >= 15 is 0 Å². The average molecular weight is 205 g/mol. The molecular formula is C12H15NS. The van der Waals surface area contributed by atoms with Crippen LogP contribution in [0.25, 0.3) is 11.1 Å².